The number of aromatic nitrogens is 2. The van der Waals surface area contributed by atoms with E-state index in [2.05, 4.69) is 15.8 Å². The van der Waals surface area contributed by atoms with Crippen LogP contribution in [0.25, 0.3) is 0 Å². The number of fused-ring (bicyclic) bond motifs is 1. The molecule has 3 aliphatic rings. The molecule has 7 heteroatoms. The second-order valence-corrected chi connectivity index (χ2v) is 7.65. The summed E-state index contributed by atoms with van der Waals surface area (Å²) < 4.78 is 19.3. The highest BCUT2D eigenvalue weighted by Gasteiger charge is 2.67. The predicted octanol–water partition coefficient (Wildman–Crippen LogP) is 2.17. The third-order valence-electron chi connectivity index (χ3n) is 6.24. The average Bonchev–Trinajstić information content (AvgIpc) is 3.08. The Morgan fingerprint density at radius 1 is 1.33 bits per heavy atom. The van der Waals surface area contributed by atoms with E-state index in [4.69, 9.17) is 14.2 Å². The zero-order valence-corrected chi connectivity index (χ0v) is 14.9. The van der Waals surface area contributed by atoms with Crippen LogP contribution < -0.4 is 4.74 Å². The van der Waals surface area contributed by atoms with Crippen molar-refractivity contribution in [2.45, 2.75) is 18.4 Å². The summed E-state index contributed by atoms with van der Waals surface area (Å²) in [5.41, 5.74) is 1.29. The van der Waals surface area contributed by atoms with E-state index in [-0.39, 0.29) is 16.7 Å². The van der Waals surface area contributed by atoms with Crippen molar-refractivity contribution in [3.05, 3.63) is 41.7 Å². The molecule has 1 aliphatic carbocycles. The maximum absolute atomic E-state index is 11.3. The minimum atomic E-state index is -0.119. The lowest BCUT2D eigenvalue weighted by molar-refractivity contribution is -0.0302. The highest BCUT2D eigenvalue weighted by molar-refractivity contribution is 5.83. The molecule has 2 aromatic rings. The monoisotopic (exact) mass is 370 g/mol. The molecule has 0 spiro atoms. The van der Waals surface area contributed by atoms with Gasteiger partial charge in [0.2, 0.25) is 0 Å². The number of aromatic hydroxyl groups is 1. The van der Waals surface area contributed by atoms with E-state index in [0.717, 1.165) is 13.0 Å². The van der Waals surface area contributed by atoms with Crippen LogP contribution >= 0.6 is 0 Å². The van der Waals surface area contributed by atoms with Crippen LogP contribution in [0.15, 0.2) is 30.5 Å². The zero-order chi connectivity index (χ0) is 18.4. The molecule has 27 heavy (non-hydrogen) atoms. The van der Waals surface area contributed by atoms with E-state index >= 15 is 0 Å². The first-order valence-electron chi connectivity index (χ1n) is 9.33. The van der Waals surface area contributed by atoms with Gasteiger partial charge in [-0.2, -0.15) is 5.10 Å². The summed E-state index contributed by atoms with van der Waals surface area (Å²) in [7, 11) is 0. The quantitative estimate of drug-likeness (QED) is 0.785. The molecule has 5 rings (SSSR count). The summed E-state index contributed by atoms with van der Waals surface area (Å²) in [6.07, 6.45) is 3.47. The van der Waals surface area contributed by atoms with Crippen molar-refractivity contribution in [1.82, 2.24) is 9.78 Å². The maximum atomic E-state index is 11.3. The normalized spacial score (nSPS) is 29.6. The van der Waals surface area contributed by atoms with Crippen LogP contribution in [0.3, 0.4) is 0 Å². The van der Waals surface area contributed by atoms with Gasteiger partial charge < -0.3 is 19.3 Å². The van der Waals surface area contributed by atoms with Gasteiger partial charge in [0.1, 0.15) is 11.5 Å². The fourth-order valence-corrected chi connectivity index (χ4v) is 4.67. The summed E-state index contributed by atoms with van der Waals surface area (Å²) in [6.45, 7) is 3.24. The first-order valence-corrected chi connectivity index (χ1v) is 9.33. The van der Waals surface area contributed by atoms with Crippen molar-refractivity contribution < 1.29 is 24.1 Å². The highest BCUT2D eigenvalue weighted by atomic mass is 16.5. The average molecular weight is 370 g/mol. The molecule has 0 amide bonds. The van der Waals surface area contributed by atoms with Crippen molar-refractivity contribution in [2.75, 3.05) is 33.0 Å². The SMILES string of the molecule is O=Cc1c(O)cccc1OCC12COCCC1C2c1ccnn1C1COC1. The van der Waals surface area contributed by atoms with Crippen molar-refractivity contribution in [2.24, 2.45) is 11.3 Å². The molecule has 2 saturated heterocycles. The molecule has 0 radical (unpaired) electrons. The van der Waals surface area contributed by atoms with Crippen molar-refractivity contribution in [3.63, 3.8) is 0 Å². The number of aldehydes is 1. The summed E-state index contributed by atoms with van der Waals surface area (Å²) in [5.74, 6) is 1.14. The van der Waals surface area contributed by atoms with E-state index in [1.165, 1.54) is 11.8 Å². The Bertz CT molecular complexity index is 862. The lowest BCUT2D eigenvalue weighted by Gasteiger charge is -2.28. The Balaban J connectivity index is 1.40. The third kappa shape index (κ3) is 2.56. The minimum absolute atomic E-state index is 0.0631. The van der Waals surface area contributed by atoms with Gasteiger partial charge in [0.05, 0.1) is 38.0 Å². The third-order valence-corrected chi connectivity index (χ3v) is 6.24. The lowest BCUT2D eigenvalue weighted by atomic mass is 10.0. The van der Waals surface area contributed by atoms with Crippen molar-refractivity contribution in [3.8, 4) is 11.5 Å². The fraction of sp³-hybridized carbons (Fsp3) is 0.500. The Labute approximate surface area is 156 Å². The van der Waals surface area contributed by atoms with Gasteiger partial charge in [-0.1, -0.05) is 6.07 Å². The highest BCUT2D eigenvalue weighted by Crippen LogP contribution is 2.68. The lowest BCUT2D eigenvalue weighted by Crippen LogP contribution is -2.33. The van der Waals surface area contributed by atoms with Gasteiger partial charge in [0.15, 0.2) is 6.29 Å². The molecule has 142 valence electrons. The number of hydrogen-bond donors (Lipinski definition) is 1. The van der Waals surface area contributed by atoms with Gasteiger partial charge in [-0.25, -0.2) is 0 Å². The largest absolute Gasteiger partial charge is 0.507 e. The van der Waals surface area contributed by atoms with E-state index in [1.807, 2.05) is 6.20 Å². The van der Waals surface area contributed by atoms with E-state index < -0.39 is 0 Å². The van der Waals surface area contributed by atoms with Crippen molar-refractivity contribution in [1.29, 1.82) is 0 Å². The molecule has 3 atom stereocenters. The summed E-state index contributed by atoms with van der Waals surface area (Å²) in [5, 5.41) is 14.4. The van der Waals surface area contributed by atoms with Crippen LogP contribution in [-0.4, -0.2) is 54.2 Å². The molecule has 3 fully saturated rings. The molecule has 1 aromatic carbocycles. The van der Waals surface area contributed by atoms with Crippen LogP contribution in [0, 0.1) is 11.3 Å². The van der Waals surface area contributed by atoms with Crippen LogP contribution in [0.4, 0.5) is 0 Å². The molecule has 2 aliphatic heterocycles. The molecular weight excluding hydrogens is 348 g/mol. The molecule has 1 saturated carbocycles. The summed E-state index contributed by atoms with van der Waals surface area (Å²) in [6, 6.07) is 7.28. The number of rotatable bonds is 6. The Kier molecular flexibility index (Phi) is 3.94. The second kappa shape index (κ2) is 6.35. The first kappa shape index (κ1) is 16.8. The van der Waals surface area contributed by atoms with Crippen LogP contribution in [0.5, 0.6) is 11.5 Å². The van der Waals surface area contributed by atoms with Gasteiger partial charge in [-0.15, -0.1) is 0 Å². The molecule has 1 N–H and O–H groups in total. The summed E-state index contributed by atoms with van der Waals surface area (Å²) >= 11 is 0. The number of carbonyl (C=O) groups is 1. The predicted molar refractivity (Wildman–Crippen MR) is 95.2 cm³/mol. The smallest absolute Gasteiger partial charge is 0.157 e. The Morgan fingerprint density at radius 2 is 2.22 bits per heavy atom. The Hall–Kier alpha value is -2.38. The van der Waals surface area contributed by atoms with Crippen LogP contribution in [0.1, 0.15) is 34.4 Å². The molecule has 7 nitrogen and oxygen atoms in total. The topological polar surface area (TPSA) is 82.8 Å². The number of carbonyl (C=O) groups excluding carboxylic acids is 1. The number of phenols is 1. The van der Waals surface area contributed by atoms with E-state index in [1.54, 1.807) is 12.1 Å². The zero-order valence-electron chi connectivity index (χ0n) is 14.9. The molecule has 1 aromatic heterocycles. The number of hydrogen-bond acceptors (Lipinski definition) is 6. The number of phenolic OH excluding ortho intramolecular Hbond substituents is 1. The first-order chi connectivity index (χ1) is 13.2. The molecular formula is C20H22N2O5. The fourth-order valence-electron chi connectivity index (χ4n) is 4.67. The van der Waals surface area contributed by atoms with Gasteiger partial charge in [-0.3, -0.25) is 9.48 Å². The van der Waals surface area contributed by atoms with Crippen LogP contribution in [-0.2, 0) is 9.47 Å². The summed E-state index contributed by atoms with van der Waals surface area (Å²) in [4.78, 5) is 11.3. The van der Waals surface area contributed by atoms with Gasteiger partial charge in [0, 0.05) is 29.8 Å². The number of nitrogens with zero attached hydrogens (tertiary/aromatic N) is 2. The standard InChI is InChI=1S/C20H22N2O5/c23-8-14-17(24)2-1-3-18(14)27-12-20-11-25-7-5-15(20)19(20)16-4-6-21-22(16)13-9-26-10-13/h1-4,6,8,13,15,19,24H,5,7,9-12H2. The molecule has 0 bridgehead atoms. The minimum Gasteiger partial charge on any atom is -0.507 e. The molecule has 3 heterocycles. The maximum Gasteiger partial charge on any atom is 0.157 e. The van der Waals surface area contributed by atoms with Gasteiger partial charge in [-0.05, 0) is 30.5 Å². The van der Waals surface area contributed by atoms with Crippen LogP contribution in [0.2, 0.25) is 0 Å². The van der Waals surface area contributed by atoms with Gasteiger partial charge in [0.25, 0.3) is 0 Å². The van der Waals surface area contributed by atoms with Crippen molar-refractivity contribution >= 4 is 6.29 Å². The number of ether oxygens (including phenoxy) is 3. The van der Waals surface area contributed by atoms with E-state index in [9.17, 15) is 9.90 Å². The van der Waals surface area contributed by atoms with E-state index in [0.29, 0.717) is 56.3 Å². The Morgan fingerprint density at radius 3 is 3.00 bits per heavy atom. The second-order valence-electron chi connectivity index (χ2n) is 7.65. The van der Waals surface area contributed by atoms with Gasteiger partial charge >= 0.3 is 0 Å². The molecule has 3 unspecified atom stereocenters. The number of benzene rings is 1.